The van der Waals surface area contributed by atoms with E-state index in [0.717, 1.165) is 0 Å². The van der Waals surface area contributed by atoms with Crippen LogP contribution < -0.4 is 5.32 Å². The van der Waals surface area contributed by atoms with Gasteiger partial charge in [-0.25, -0.2) is 4.79 Å². The van der Waals surface area contributed by atoms with Crippen LogP contribution in [0.5, 0.6) is 0 Å². The van der Waals surface area contributed by atoms with E-state index < -0.39 is 5.97 Å². The summed E-state index contributed by atoms with van der Waals surface area (Å²) in [4.78, 5) is 15.3. The van der Waals surface area contributed by atoms with Gasteiger partial charge in [-0.2, -0.15) is 5.26 Å². The smallest absolute Gasteiger partial charge is 0.351 e. The van der Waals surface area contributed by atoms with Crippen LogP contribution in [-0.2, 0) is 9.53 Å². The van der Waals surface area contributed by atoms with E-state index >= 15 is 0 Å². The lowest BCUT2D eigenvalue weighted by molar-refractivity contribution is -0.135. The minimum Gasteiger partial charge on any atom is -0.465 e. The van der Waals surface area contributed by atoms with Crippen molar-refractivity contribution in [3.8, 4) is 6.07 Å². The molecule has 1 aromatic rings. The number of hydrogen-bond donors (Lipinski definition) is 1. The quantitative estimate of drug-likeness (QED) is 0.498. The molecular formula is C11H11N3O2S. The molecule has 0 aliphatic rings. The number of anilines is 1. The zero-order valence-corrected chi connectivity index (χ0v) is 10.2. The van der Waals surface area contributed by atoms with Crippen LogP contribution in [0.25, 0.3) is 0 Å². The third kappa shape index (κ3) is 3.50. The SMILES string of the molecule is COC(=O)/C(C#N)=C(/Nc1cccnc1)SC. The minimum absolute atomic E-state index is 0.0520. The van der Waals surface area contributed by atoms with Crippen molar-refractivity contribution < 1.29 is 9.53 Å². The highest BCUT2D eigenvalue weighted by Gasteiger charge is 2.15. The van der Waals surface area contributed by atoms with Crippen LogP contribution in [0.3, 0.4) is 0 Å². The Morgan fingerprint density at radius 1 is 1.65 bits per heavy atom. The molecule has 0 spiro atoms. The van der Waals surface area contributed by atoms with Crippen molar-refractivity contribution >= 4 is 23.4 Å². The van der Waals surface area contributed by atoms with Gasteiger partial charge in [0.05, 0.1) is 24.0 Å². The molecule has 0 amide bonds. The van der Waals surface area contributed by atoms with E-state index in [1.165, 1.54) is 18.9 Å². The Bertz CT molecular complexity index is 465. The molecule has 0 aliphatic heterocycles. The van der Waals surface area contributed by atoms with E-state index in [9.17, 15) is 4.79 Å². The molecular weight excluding hydrogens is 238 g/mol. The van der Waals surface area contributed by atoms with Gasteiger partial charge in [0.15, 0.2) is 5.57 Å². The molecule has 5 nitrogen and oxygen atoms in total. The maximum Gasteiger partial charge on any atom is 0.351 e. The molecule has 0 radical (unpaired) electrons. The summed E-state index contributed by atoms with van der Waals surface area (Å²) in [5, 5.41) is 12.3. The minimum atomic E-state index is -0.659. The summed E-state index contributed by atoms with van der Waals surface area (Å²) in [5.41, 5.74) is 0.650. The summed E-state index contributed by atoms with van der Waals surface area (Å²) in [7, 11) is 1.24. The van der Waals surface area contributed by atoms with Gasteiger partial charge in [0.1, 0.15) is 6.07 Å². The third-order valence-corrected chi connectivity index (χ3v) is 2.57. The molecule has 0 atom stereocenters. The third-order valence-electron chi connectivity index (χ3n) is 1.85. The fourth-order valence-corrected chi connectivity index (χ4v) is 1.63. The number of pyridine rings is 1. The fourth-order valence-electron chi connectivity index (χ4n) is 1.07. The lowest BCUT2D eigenvalue weighted by Gasteiger charge is -2.09. The average molecular weight is 249 g/mol. The van der Waals surface area contributed by atoms with Crippen LogP contribution in [0.2, 0.25) is 0 Å². The van der Waals surface area contributed by atoms with E-state index in [4.69, 9.17) is 5.26 Å². The predicted octanol–water partition coefficient (Wildman–Crippen LogP) is 1.76. The Labute approximate surface area is 103 Å². The standard InChI is InChI=1S/C11H11N3O2S/c1-16-11(15)9(6-12)10(17-2)14-8-4-3-5-13-7-8/h3-5,7,14H,1-2H3/b10-9-. The number of carbonyl (C=O) groups excluding carboxylic acids is 1. The first-order chi connectivity index (χ1) is 8.22. The van der Waals surface area contributed by atoms with Crippen molar-refractivity contribution in [3.63, 3.8) is 0 Å². The Morgan fingerprint density at radius 3 is 2.88 bits per heavy atom. The van der Waals surface area contributed by atoms with Gasteiger partial charge in [0, 0.05) is 6.20 Å². The number of rotatable bonds is 4. The first-order valence-electron chi connectivity index (χ1n) is 4.66. The number of methoxy groups -OCH3 is 1. The van der Waals surface area contributed by atoms with Crippen molar-refractivity contribution in [2.24, 2.45) is 0 Å². The maximum absolute atomic E-state index is 11.4. The van der Waals surface area contributed by atoms with Crippen molar-refractivity contribution in [2.75, 3.05) is 18.7 Å². The lowest BCUT2D eigenvalue weighted by atomic mass is 10.3. The number of thioether (sulfide) groups is 1. The predicted molar refractivity (Wildman–Crippen MR) is 66.0 cm³/mol. The molecule has 1 rings (SSSR count). The van der Waals surface area contributed by atoms with Crippen LogP contribution in [0.4, 0.5) is 5.69 Å². The first-order valence-corrected chi connectivity index (χ1v) is 5.89. The Balaban J connectivity index is 3.02. The number of ether oxygens (including phenoxy) is 1. The van der Waals surface area contributed by atoms with Gasteiger partial charge in [-0.3, -0.25) is 4.98 Å². The summed E-state index contributed by atoms with van der Waals surface area (Å²) in [6.45, 7) is 0. The monoisotopic (exact) mass is 249 g/mol. The van der Waals surface area contributed by atoms with Gasteiger partial charge in [-0.1, -0.05) is 0 Å². The summed E-state index contributed by atoms with van der Waals surface area (Å²) in [5.74, 6) is -0.659. The van der Waals surface area contributed by atoms with Crippen LogP contribution in [-0.4, -0.2) is 24.3 Å². The number of esters is 1. The van der Waals surface area contributed by atoms with Gasteiger partial charge >= 0.3 is 5.97 Å². The van der Waals surface area contributed by atoms with Crippen molar-refractivity contribution in [1.29, 1.82) is 5.26 Å². The summed E-state index contributed by atoms with van der Waals surface area (Å²) < 4.78 is 4.54. The Morgan fingerprint density at radius 2 is 2.41 bits per heavy atom. The molecule has 88 valence electrons. The summed E-state index contributed by atoms with van der Waals surface area (Å²) >= 11 is 1.26. The summed E-state index contributed by atoms with van der Waals surface area (Å²) in [6, 6.07) is 5.37. The largest absolute Gasteiger partial charge is 0.465 e. The highest BCUT2D eigenvalue weighted by molar-refractivity contribution is 8.02. The molecule has 1 heterocycles. The normalized spacial score (nSPS) is 11.1. The molecule has 0 saturated heterocycles. The zero-order valence-electron chi connectivity index (χ0n) is 9.43. The maximum atomic E-state index is 11.4. The number of nitriles is 1. The van der Waals surface area contributed by atoms with Gasteiger partial charge in [-0.15, -0.1) is 11.8 Å². The molecule has 0 aliphatic carbocycles. The topological polar surface area (TPSA) is 75.0 Å². The van der Waals surface area contributed by atoms with E-state index in [2.05, 4.69) is 15.0 Å². The average Bonchev–Trinajstić information content (AvgIpc) is 2.39. The Hall–Kier alpha value is -2.00. The number of carbonyl (C=O) groups is 1. The van der Waals surface area contributed by atoms with Crippen LogP contribution >= 0.6 is 11.8 Å². The van der Waals surface area contributed by atoms with Crippen molar-refractivity contribution in [2.45, 2.75) is 0 Å². The van der Waals surface area contributed by atoms with E-state index in [1.807, 2.05) is 6.07 Å². The highest BCUT2D eigenvalue weighted by atomic mass is 32.2. The van der Waals surface area contributed by atoms with E-state index in [1.54, 1.807) is 30.8 Å². The first kappa shape index (κ1) is 13.1. The van der Waals surface area contributed by atoms with E-state index in [0.29, 0.717) is 10.7 Å². The van der Waals surface area contributed by atoms with Gasteiger partial charge in [0.25, 0.3) is 0 Å². The zero-order chi connectivity index (χ0) is 12.7. The van der Waals surface area contributed by atoms with Gasteiger partial charge in [0.2, 0.25) is 0 Å². The van der Waals surface area contributed by atoms with Crippen LogP contribution in [0, 0.1) is 11.3 Å². The lowest BCUT2D eigenvalue weighted by Crippen LogP contribution is -2.09. The number of hydrogen-bond acceptors (Lipinski definition) is 6. The molecule has 0 bridgehead atoms. The molecule has 1 N–H and O–H groups in total. The number of nitrogens with zero attached hydrogens (tertiary/aromatic N) is 2. The number of aromatic nitrogens is 1. The molecule has 1 aromatic heterocycles. The second-order valence-electron chi connectivity index (χ2n) is 2.88. The van der Waals surface area contributed by atoms with Crippen LogP contribution in [0.15, 0.2) is 35.1 Å². The summed E-state index contributed by atoms with van der Waals surface area (Å²) in [6.07, 6.45) is 5.00. The van der Waals surface area contributed by atoms with Crippen molar-refractivity contribution in [1.82, 2.24) is 4.98 Å². The number of nitrogens with one attached hydrogen (secondary N) is 1. The molecule has 0 aromatic carbocycles. The molecule has 0 saturated carbocycles. The molecule has 17 heavy (non-hydrogen) atoms. The Kier molecular flexibility index (Phi) is 5.04. The van der Waals surface area contributed by atoms with Crippen LogP contribution in [0.1, 0.15) is 0 Å². The van der Waals surface area contributed by atoms with Gasteiger partial charge < -0.3 is 10.1 Å². The molecule has 0 unspecified atom stereocenters. The van der Waals surface area contributed by atoms with Crippen molar-refractivity contribution in [3.05, 3.63) is 35.1 Å². The fraction of sp³-hybridized carbons (Fsp3) is 0.182. The second kappa shape index (κ2) is 6.55. The highest BCUT2D eigenvalue weighted by Crippen LogP contribution is 2.20. The second-order valence-corrected chi connectivity index (χ2v) is 3.69. The van der Waals surface area contributed by atoms with E-state index in [-0.39, 0.29) is 5.57 Å². The molecule has 6 heteroatoms. The molecule has 0 fully saturated rings. The van der Waals surface area contributed by atoms with Gasteiger partial charge in [-0.05, 0) is 18.4 Å².